The van der Waals surface area contributed by atoms with Gasteiger partial charge in [-0.2, -0.15) is 0 Å². The zero-order valence-electron chi connectivity index (χ0n) is 14.8. The fraction of sp³-hybridized carbons (Fsp3) is 0.227. The quantitative estimate of drug-likeness (QED) is 0.699. The molecule has 2 N–H and O–H groups in total. The Hall–Kier alpha value is -3.05. The molecule has 0 radical (unpaired) electrons. The van der Waals surface area contributed by atoms with Gasteiger partial charge in [-0.3, -0.25) is 0 Å². The number of nitrogens with one attached hydrogen (secondary N) is 1. The lowest BCUT2D eigenvalue weighted by molar-refractivity contribution is 0.0691. The van der Waals surface area contributed by atoms with E-state index in [1.165, 1.54) is 5.39 Å². The Morgan fingerprint density at radius 3 is 2.67 bits per heavy atom. The molecule has 0 bridgehead atoms. The van der Waals surface area contributed by atoms with Crippen molar-refractivity contribution in [2.24, 2.45) is 0 Å². The number of aromatic carboxylic acids is 1. The Kier molecular flexibility index (Phi) is 4.94. The van der Waals surface area contributed by atoms with Crippen molar-refractivity contribution < 1.29 is 19.4 Å². The van der Waals surface area contributed by atoms with Crippen molar-refractivity contribution in [2.45, 2.75) is 18.6 Å². The van der Waals surface area contributed by atoms with Crippen LogP contribution in [-0.2, 0) is 0 Å². The molecule has 5 nitrogen and oxygen atoms in total. The molecule has 138 valence electrons. The summed E-state index contributed by atoms with van der Waals surface area (Å²) in [6, 6.07) is 21.1. The van der Waals surface area contributed by atoms with Gasteiger partial charge in [-0.15, -0.1) is 0 Å². The molecule has 0 spiro atoms. The third-order valence-electron chi connectivity index (χ3n) is 4.76. The van der Waals surface area contributed by atoms with Crippen LogP contribution in [0.3, 0.4) is 0 Å². The van der Waals surface area contributed by atoms with E-state index in [2.05, 4.69) is 29.6 Å². The first-order valence-electron chi connectivity index (χ1n) is 9.03. The summed E-state index contributed by atoms with van der Waals surface area (Å²) in [5.74, 6) is 0.270. The highest BCUT2D eigenvalue weighted by molar-refractivity contribution is 5.90. The van der Waals surface area contributed by atoms with Gasteiger partial charge >= 0.3 is 5.97 Å². The highest BCUT2D eigenvalue weighted by atomic mass is 16.5. The van der Waals surface area contributed by atoms with Crippen LogP contribution in [0.1, 0.15) is 16.8 Å². The maximum atomic E-state index is 11.3. The molecule has 3 aromatic rings. The Morgan fingerprint density at radius 1 is 1.04 bits per heavy atom. The van der Waals surface area contributed by atoms with Crippen LogP contribution in [0.25, 0.3) is 10.8 Å². The fourth-order valence-electron chi connectivity index (χ4n) is 3.39. The average molecular weight is 363 g/mol. The second kappa shape index (κ2) is 7.68. The normalized spacial score (nSPS) is 19.1. The zero-order valence-corrected chi connectivity index (χ0v) is 14.8. The van der Waals surface area contributed by atoms with Crippen molar-refractivity contribution >= 4 is 16.7 Å². The maximum absolute atomic E-state index is 11.3. The summed E-state index contributed by atoms with van der Waals surface area (Å²) in [4.78, 5) is 11.3. The number of carbonyl (C=O) groups is 1. The first kappa shape index (κ1) is 17.4. The van der Waals surface area contributed by atoms with E-state index in [4.69, 9.17) is 9.47 Å². The minimum Gasteiger partial charge on any atom is -0.491 e. The van der Waals surface area contributed by atoms with Crippen LogP contribution in [0.5, 0.6) is 11.5 Å². The van der Waals surface area contributed by atoms with Gasteiger partial charge in [0.15, 0.2) is 0 Å². The Bertz CT molecular complexity index is 956. The molecule has 0 aromatic heterocycles. The number of fused-ring (bicyclic) bond motifs is 1. The van der Waals surface area contributed by atoms with E-state index in [9.17, 15) is 9.90 Å². The van der Waals surface area contributed by atoms with Crippen LogP contribution in [0.4, 0.5) is 0 Å². The van der Waals surface area contributed by atoms with Gasteiger partial charge < -0.3 is 19.9 Å². The van der Waals surface area contributed by atoms with E-state index in [0.717, 1.165) is 24.1 Å². The molecule has 0 amide bonds. The van der Waals surface area contributed by atoms with Gasteiger partial charge in [-0.05, 0) is 35.0 Å². The Labute approximate surface area is 157 Å². The van der Waals surface area contributed by atoms with Crippen LogP contribution in [-0.4, -0.2) is 36.4 Å². The second-order valence-electron chi connectivity index (χ2n) is 6.70. The van der Waals surface area contributed by atoms with Crippen molar-refractivity contribution in [3.63, 3.8) is 0 Å². The van der Waals surface area contributed by atoms with E-state index < -0.39 is 5.97 Å². The Balaban J connectivity index is 1.34. The van der Waals surface area contributed by atoms with Crippen molar-refractivity contribution in [3.05, 3.63) is 72.3 Å². The van der Waals surface area contributed by atoms with Crippen molar-refractivity contribution in [3.8, 4) is 11.5 Å². The minimum atomic E-state index is -0.984. The van der Waals surface area contributed by atoms with Crippen molar-refractivity contribution in [1.82, 2.24) is 5.32 Å². The van der Waals surface area contributed by atoms with Gasteiger partial charge in [0.2, 0.25) is 0 Å². The van der Waals surface area contributed by atoms with Gasteiger partial charge in [0, 0.05) is 19.0 Å². The lowest BCUT2D eigenvalue weighted by Gasteiger charge is -2.15. The summed E-state index contributed by atoms with van der Waals surface area (Å²) in [7, 11) is 0. The second-order valence-corrected chi connectivity index (χ2v) is 6.70. The molecule has 3 aromatic carbocycles. The van der Waals surface area contributed by atoms with Crippen LogP contribution < -0.4 is 14.8 Å². The lowest BCUT2D eigenvalue weighted by atomic mass is 10.1. The number of rotatable bonds is 6. The molecular weight excluding hydrogens is 342 g/mol. The molecule has 1 heterocycles. The van der Waals surface area contributed by atoms with Gasteiger partial charge in [-0.25, -0.2) is 4.79 Å². The minimum absolute atomic E-state index is 0.0643. The summed E-state index contributed by atoms with van der Waals surface area (Å²) in [5, 5.41) is 15.0. The number of hydrogen-bond acceptors (Lipinski definition) is 4. The number of para-hydroxylation sites is 1. The van der Waals surface area contributed by atoms with Gasteiger partial charge in [-0.1, -0.05) is 42.5 Å². The number of carboxylic acids is 1. The molecule has 0 aliphatic carbocycles. The lowest BCUT2D eigenvalue weighted by Crippen LogP contribution is -2.28. The van der Waals surface area contributed by atoms with Gasteiger partial charge in [0.05, 0.1) is 0 Å². The number of carboxylic acid groups (broad SMARTS) is 1. The number of benzene rings is 3. The first-order valence-corrected chi connectivity index (χ1v) is 9.03. The highest BCUT2D eigenvalue weighted by Crippen LogP contribution is 2.24. The maximum Gasteiger partial charge on any atom is 0.339 e. The molecule has 0 saturated carbocycles. The van der Waals surface area contributed by atoms with E-state index >= 15 is 0 Å². The van der Waals surface area contributed by atoms with Gasteiger partial charge in [0.25, 0.3) is 0 Å². The summed E-state index contributed by atoms with van der Waals surface area (Å²) in [5.41, 5.74) is 0.180. The first-order chi connectivity index (χ1) is 13.2. The third kappa shape index (κ3) is 4.04. The van der Waals surface area contributed by atoms with Crippen LogP contribution in [0.2, 0.25) is 0 Å². The molecule has 1 aliphatic rings. The molecule has 1 saturated heterocycles. The molecule has 1 aliphatic heterocycles. The zero-order chi connectivity index (χ0) is 18.6. The highest BCUT2D eigenvalue weighted by Gasteiger charge is 2.26. The van der Waals surface area contributed by atoms with Crippen LogP contribution in [0.15, 0.2) is 66.7 Å². The molecule has 2 atom stereocenters. The summed E-state index contributed by atoms with van der Waals surface area (Å²) in [6.07, 6.45) is 0.872. The summed E-state index contributed by atoms with van der Waals surface area (Å²) < 4.78 is 11.9. The predicted octanol–water partition coefficient (Wildman–Crippen LogP) is 3.73. The van der Waals surface area contributed by atoms with Crippen LogP contribution in [0, 0.1) is 0 Å². The van der Waals surface area contributed by atoms with Crippen LogP contribution >= 0.6 is 0 Å². The van der Waals surface area contributed by atoms with E-state index in [1.54, 1.807) is 24.3 Å². The molecule has 1 fully saturated rings. The number of ether oxygens (including phenoxy) is 2. The topological polar surface area (TPSA) is 67.8 Å². The average Bonchev–Trinajstić information content (AvgIpc) is 3.14. The summed E-state index contributed by atoms with van der Waals surface area (Å²) >= 11 is 0. The number of hydrogen-bond donors (Lipinski definition) is 2. The van der Waals surface area contributed by atoms with E-state index in [0.29, 0.717) is 12.4 Å². The molecule has 5 heteroatoms. The predicted molar refractivity (Wildman–Crippen MR) is 104 cm³/mol. The van der Waals surface area contributed by atoms with Crippen molar-refractivity contribution in [1.29, 1.82) is 0 Å². The SMILES string of the molecule is O=C(O)c1ccccc1OC[C@@H]1C[C@H](Oc2ccc3ccccc3c2)CN1. The largest absolute Gasteiger partial charge is 0.491 e. The van der Waals surface area contributed by atoms with E-state index in [-0.39, 0.29) is 17.7 Å². The fourth-order valence-corrected chi connectivity index (χ4v) is 3.39. The monoisotopic (exact) mass is 363 g/mol. The Morgan fingerprint density at radius 2 is 1.81 bits per heavy atom. The molecule has 27 heavy (non-hydrogen) atoms. The summed E-state index contributed by atoms with van der Waals surface area (Å²) in [6.45, 7) is 1.14. The van der Waals surface area contributed by atoms with Crippen molar-refractivity contribution in [2.75, 3.05) is 13.2 Å². The van der Waals surface area contributed by atoms with Gasteiger partial charge in [0.1, 0.15) is 29.8 Å². The molecule has 0 unspecified atom stereocenters. The van der Waals surface area contributed by atoms with E-state index in [1.807, 2.05) is 18.2 Å². The molecular formula is C22H21NO4. The smallest absolute Gasteiger partial charge is 0.339 e. The standard InChI is InChI=1S/C22H21NO4/c24-22(25)20-7-3-4-8-21(20)26-14-17-12-19(13-23-17)27-18-10-9-15-5-1-2-6-16(15)11-18/h1-11,17,19,23H,12-14H2,(H,24,25)/t17-,19-/m0/s1. The molecule has 4 rings (SSSR count). The third-order valence-corrected chi connectivity index (χ3v) is 4.76.